The highest BCUT2D eigenvalue weighted by Crippen LogP contribution is 2.32. The van der Waals surface area contributed by atoms with Crippen molar-refractivity contribution in [3.8, 4) is 11.8 Å². The molecule has 0 saturated carbocycles. The number of carbonyl (C=O) groups is 4. The second-order valence-electron chi connectivity index (χ2n) is 16.1. The van der Waals surface area contributed by atoms with E-state index in [1.165, 1.54) is 0 Å². The molecule has 1 N–H and O–H groups in total. The summed E-state index contributed by atoms with van der Waals surface area (Å²) in [5, 5.41) is 23.4. The molecule has 3 aliphatic heterocycles. The number of phenols is 1. The predicted octanol–water partition coefficient (Wildman–Crippen LogP) is 4.70. The Morgan fingerprint density at radius 1 is 0.869 bits per heavy atom. The molecule has 61 heavy (non-hydrogen) atoms. The summed E-state index contributed by atoms with van der Waals surface area (Å²) >= 11 is 0. The number of benzene rings is 4. The summed E-state index contributed by atoms with van der Waals surface area (Å²) in [6.45, 7) is 7.72. The third-order valence-electron chi connectivity index (χ3n) is 12.1. The maximum absolute atomic E-state index is 14.8. The molecule has 3 saturated heterocycles. The van der Waals surface area contributed by atoms with Gasteiger partial charge in [-0.05, 0) is 52.9 Å². The fourth-order valence-corrected chi connectivity index (χ4v) is 9.05. The fraction of sp³-hybridized carbons (Fsp3) is 0.312. The molecule has 0 unspecified atom stereocenters. The quantitative estimate of drug-likeness (QED) is 0.179. The number of nitriles is 1. The van der Waals surface area contributed by atoms with Gasteiger partial charge in [0, 0.05) is 77.3 Å². The van der Waals surface area contributed by atoms with Crippen LogP contribution in [0.3, 0.4) is 0 Å². The van der Waals surface area contributed by atoms with E-state index in [-0.39, 0.29) is 68.4 Å². The van der Waals surface area contributed by atoms with Gasteiger partial charge in [0.1, 0.15) is 18.0 Å². The Labute approximate surface area is 355 Å². The smallest absolute Gasteiger partial charge is 0.256 e. The molecule has 3 fully saturated rings. The number of phenolic OH excluding ortho intramolecular Hbond substituents is 1. The Hall–Kier alpha value is -6.75. The highest BCUT2D eigenvalue weighted by Gasteiger charge is 2.51. The van der Waals surface area contributed by atoms with Crippen LogP contribution in [0.25, 0.3) is 10.9 Å². The molecule has 0 spiro atoms. The van der Waals surface area contributed by atoms with Crippen LogP contribution >= 0.6 is 0 Å². The zero-order valence-electron chi connectivity index (χ0n) is 34.4. The number of amides is 4. The van der Waals surface area contributed by atoms with Crippen molar-refractivity contribution in [3.05, 3.63) is 149 Å². The normalized spacial score (nSPS) is 18.6. The second-order valence-corrected chi connectivity index (χ2v) is 16.1. The van der Waals surface area contributed by atoms with E-state index in [2.05, 4.69) is 17.5 Å². The van der Waals surface area contributed by atoms with Crippen molar-refractivity contribution in [2.75, 3.05) is 45.8 Å². The summed E-state index contributed by atoms with van der Waals surface area (Å²) in [6, 6.07) is 31.1. The highest BCUT2D eigenvalue weighted by molar-refractivity contribution is 6.07. The van der Waals surface area contributed by atoms with Crippen LogP contribution in [0.4, 0.5) is 0 Å². The van der Waals surface area contributed by atoms with Gasteiger partial charge >= 0.3 is 0 Å². The number of hydrogen-bond donors (Lipinski definition) is 1. The number of hydrogen-bond acceptors (Lipinski definition) is 8. The molecule has 4 amide bonds. The molecule has 0 radical (unpaired) electrons. The van der Waals surface area contributed by atoms with Crippen molar-refractivity contribution in [2.45, 2.75) is 44.6 Å². The van der Waals surface area contributed by atoms with Crippen molar-refractivity contribution in [2.24, 2.45) is 7.05 Å². The van der Waals surface area contributed by atoms with Gasteiger partial charge in [-0.1, -0.05) is 78.9 Å². The van der Waals surface area contributed by atoms with E-state index in [0.29, 0.717) is 30.6 Å². The van der Waals surface area contributed by atoms with E-state index >= 15 is 0 Å². The van der Waals surface area contributed by atoms with Gasteiger partial charge in [0.15, 0.2) is 0 Å². The Morgan fingerprint density at radius 2 is 1.59 bits per heavy atom. The first-order valence-corrected chi connectivity index (χ1v) is 20.8. The molecule has 13 heteroatoms. The monoisotopic (exact) mass is 818 g/mol. The van der Waals surface area contributed by atoms with Gasteiger partial charge in [-0.25, -0.2) is 10.0 Å². The van der Waals surface area contributed by atoms with Crippen molar-refractivity contribution < 1.29 is 24.3 Å². The number of aromatic hydroxyl groups is 1. The summed E-state index contributed by atoms with van der Waals surface area (Å²) in [5.74, 6) is -0.606. The lowest BCUT2D eigenvalue weighted by Crippen LogP contribution is -2.75. The third-order valence-corrected chi connectivity index (χ3v) is 12.1. The van der Waals surface area contributed by atoms with Crippen molar-refractivity contribution >= 4 is 34.5 Å². The number of rotatable bonds is 12. The van der Waals surface area contributed by atoms with Crippen LogP contribution in [0.15, 0.2) is 116 Å². The van der Waals surface area contributed by atoms with Crippen LogP contribution < -0.4 is 0 Å². The lowest BCUT2D eigenvalue weighted by molar-refractivity contribution is -0.205. The topological polar surface area (TPSA) is 137 Å². The van der Waals surface area contributed by atoms with Gasteiger partial charge < -0.3 is 24.4 Å². The molecule has 3 aliphatic rings. The summed E-state index contributed by atoms with van der Waals surface area (Å²) in [7, 11) is 1.91. The number of nitrogens with zero attached hydrogens (tertiary/aromatic N) is 8. The van der Waals surface area contributed by atoms with E-state index in [1.807, 2.05) is 95.5 Å². The molecular formula is C48H50N8O5. The van der Waals surface area contributed by atoms with Crippen LogP contribution in [-0.2, 0) is 47.4 Å². The summed E-state index contributed by atoms with van der Waals surface area (Å²) in [4.78, 5) is 64.9. The molecule has 8 rings (SSSR count). The number of aromatic nitrogens is 1. The Morgan fingerprint density at radius 3 is 2.30 bits per heavy atom. The molecule has 2 atom stereocenters. The van der Waals surface area contributed by atoms with Gasteiger partial charge in [-0.2, -0.15) is 5.26 Å². The number of aryl methyl sites for hydroxylation is 2. The lowest BCUT2D eigenvalue weighted by Gasteiger charge is -2.55. The van der Waals surface area contributed by atoms with Gasteiger partial charge in [-0.15, -0.1) is 6.58 Å². The number of para-hydroxylation sites is 1. The van der Waals surface area contributed by atoms with Crippen LogP contribution in [0.5, 0.6) is 5.75 Å². The van der Waals surface area contributed by atoms with E-state index < -0.39 is 12.2 Å². The van der Waals surface area contributed by atoms with Gasteiger partial charge in [-0.3, -0.25) is 24.1 Å². The first-order valence-electron chi connectivity index (χ1n) is 20.8. The molecule has 13 nitrogen and oxygen atoms in total. The Balaban J connectivity index is 1.06. The minimum Gasteiger partial charge on any atom is -0.508 e. The van der Waals surface area contributed by atoms with E-state index in [0.717, 1.165) is 52.8 Å². The summed E-state index contributed by atoms with van der Waals surface area (Å²) < 4.78 is 1.95. The second kappa shape index (κ2) is 17.8. The van der Waals surface area contributed by atoms with Gasteiger partial charge in [0.25, 0.3) is 5.91 Å². The average molecular weight is 819 g/mol. The Kier molecular flexibility index (Phi) is 12.0. The van der Waals surface area contributed by atoms with Crippen LogP contribution in [-0.4, -0.2) is 121 Å². The maximum atomic E-state index is 14.8. The number of hydrazine groups is 1. The fourth-order valence-electron chi connectivity index (χ4n) is 9.05. The minimum absolute atomic E-state index is 0.0490. The number of piperazine rings is 2. The first-order chi connectivity index (χ1) is 29.6. The van der Waals surface area contributed by atoms with Crippen molar-refractivity contribution in [1.29, 1.82) is 5.26 Å². The average Bonchev–Trinajstić information content (AvgIpc) is 3.62. The maximum Gasteiger partial charge on any atom is 0.256 e. The molecule has 5 aromatic rings. The Bertz CT molecular complexity index is 2470. The minimum atomic E-state index is -0.911. The zero-order chi connectivity index (χ0) is 42.6. The van der Waals surface area contributed by atoms with Crippen molar-refractivity contribution in [1.82, 2.24) is 34.2 Å². The lowest BCUT2D eigenvalue weighted by atomic mass is 9.97. The van der Waals surface area contributed by atoms with Crippen molar-refractivity contribution in [3.63, 3.8) is 0 Å². The molecule has 312 valence electrons. The number of carbonyl (C=O) groups excluding carboxylic acids is 4. The predicted molar refractivity (Wildman–Crippen MR) is 230 cm³/mol. The standard InChI is InChI=1S/C48H50N8O5/c1-3-22-54-33-45(59)55-42(27-35-16-19-39(57)20-17-35)48(61)53(32-43(55)56(54)44(58)21-18-34-8-5-4-6-9-34)30-38-10-7-11-40-41(31-50(2)46(38)40)47(60)52-25-23-51(24-26-52)29-37-14-12-36(28-49)13-15-37/h3-17,19-20,31,42-43,57H,1,18,21-27,29-30,32-33H2,2H3/t42-,43-/m0/s1. The van der Waals surface area contributed by atoms with Crippen LogP contribution in [0, 0.1) is 11.3 Å². The molecule has 0 aliphatic carbocycles. The summed E-state index contributed by atoms with van der Waals surface area (Å²) in [5.41, 5.74) is 5.81. The largest absolute Gasteiger partial charge is 0.508 e. The molecular weight excluding hydrogens is 769 g/mol. The van der Waals surface area contributed by atoms with E-state index in [9.17, 15) is 24.3 Å². The molecule has 1 aromatic heterocycles. The number of fused-ring (bicyclic) bond motifs is 2. The highest BCUT2D eigenvalue weighted by atomic mass is 16.3. The van der Waals surface area contributed by atoms with Gasteiger partial charge in [0.05, 0.1) is 35.8 Å². The first kappa shape index (κ1) is 41.0. The van der Waals surface area contributed by atoms with E-state index in [1.54, 1.807) is 50.2 Å². The summed E-state index contributed by atoms with van der Waals surface area (Å²) in [6.07, 6.45) is 3.69. The molecule has 0 bridgehead atoms. The molecule has 4 heterocycles. The molecule has 4 aromatic carbocycles. The van der Waals surface area contributed by atoms with Crippen LogP contribution in [0.1, 0.15) is 44.6 Å². The van der Waals surface area contributed by atoms with E-state index in [4.69, 9.17) is 5.26 Å². The SMILES string of the molecule is C=CCN1CC(=O)N2[C@@H](Cc3ccc(O)cc3)C(=O)N(Cc3cccc4c(C(=O)N5CCN(Cc6ccc(C#N)cc6)CC5)cn(C)c34)C[C@@H]2N1C(=O)CCc1ccccc1. The third kappa shape index (κ3) is 8.64. The van der Waals surface area contributed by atoms with Crippen LogP contribution in [0.2, 0.25) is 0 Å². The zero-order valence-corrected chi connectivity index (χ0v) is 34.4. The van der Waals surface area contributed by atoms with Gasteiger partial charge in [0.2, 0.25) is 17.7 Å².